The number of aromatic carboxylic acids is 1. The highest BCUT2D eigenvalue weighted by Gasteiger charge is 2.19. The molecule has 2 aromatic rings. The Morgan fingerprint density at radius 1 is 1.20 bits per heavy atom. The molecule has 1 fully saturated rings. The number of hydrogen-bond acceptors (Lipinski definition) is 5. The smallest absolute Gasteiger partial charge is 0.337 e. The van der Waals surface area contributed by atoms with Crippen molar-refractivity contribution < 1.29 is 23.8 Å². The van der Waals surface area contributed by atoms with E-state index in [1.807, 2.05) is 11.0 Å². The Bertz CT molecular complexity index is 736. The Morgan fingerprint density at radius 3 is 2.68 bits per heavy atom. The highest BCUT2D eigenvalue weighted by atomic mass is 16.5. The number of nitrogens with zero attached hydrogens (tertiary/aromatic N) is 1. The van der Waals surface area contributed by atoms with Crippen molar-refractivity contribution in [1.82, 2.24) is 0 Å². The fourth-order valence-corrected chi connectivity index (χ4v) is 2.78. The van der Waals surface area contributed by atoms with Gasteiger partial charge in [-0.2, -0.15) is 0 Å². The van der Waals surface area contributed by atoms with E-state index in [2.05, 4.69) is 5.32 Å². The monoisotopic (exact) mass is 344 g/mol. The first kappa shape index (κ1) is 17.0. The first-order valence-electron chi connectivity index (χ1n) is 8.16. The fourth-order valence-electron chi connectivity index (χ4n) is 2.78. The predicted octanol–water partition coefficient (Wildman–Crippen LogP) is 2.39. The Kier molecular flexibility index (Phi) is 5.35. The number of nitrogens with one attached hydrogen (secondary N) is 1. The Balaban J connectivity index is 1.68. The molecule has 1 aromatic carbocycles. The lowest BCUT2D eigenvalue weighted by Gasteiger charge is -2.30. The van der Waals surface area contributed by atoms with Crippen LogP contribution >= 0.6 is 0 Å². The van der Waals surface area contributed by atoms with Crippen LogP contribution in [0.5, 0.6) is 0 Å². The van der Waals surface area contributed by atoms with Crippen molar-refractivity contribution in [2.45, 2.75) is 12.8 Å². The van der Waals surface area contributed by atoms with Gasteiger partial charge in [-0.1, -0.05) is 0 Å². The van der Waals surface area contributed by atoms with Gasteiger partial charge in [0.05, 0.1) is 30.7 Å². The van der Waals surface area contributed by atoms with Crippen LogP contribution in [-0.2, 0) is 16.0 Å². The summed E-state index contributed by atoms with van der Waals surface area (Å²) in [6.45, 7) is 2.44. The number of carbonyl (C=O) groups excluding carboxylic acids is 1. The number of carboxylic acid groups (broad SMARTS) is 1. The minimum atomic E-state index is -1.02. The Labute approximate surface area is 145 Å². The SMILES string of the molecule is O=C(CCc1ccco1)Nc1ccc(N2CCOCC2)c(C(=O)O)c1. The number of morpholine rings is 1. The van der Waals surface area contributed by atoms with E-state index in [9.17, 15) is 14.7 Å². The highest BCUT2D eigenvalue weighted by molar-refractivity contribution is 5.98. The van der Waals surface area contributed by atoms with Crippen molar-refractivity contribution in [3.8, 4) is 0 Å². The third kappa shape index (κ3) is 4.39. The maximum atomic E-state index is 12.0. The first-order valence-corrected chi connectivity index (χ1v) is 8.16. The number of carbonyl (C=O) groups is 2. The van der Waals surface area contributed by atoms with Gasteiger partial charge in [-0.05, 0) is 30.3 Å². The lowest BCUT2D eigenvalue weighted by atomic mass is 10.1. The summed E-state index contributed by atoms with van der Waals surface area (Å²) in [4.78, 5) is 25.6. The van der Waals surface area contributed by atoms with Gasteiger partial charge in [0.25, 0.3) is 0 Å². The quantitative estimate of drug-likeness (QED) is 0.836. The largest absolute Gasteiger partial charge is 0.478 e. The van der Waals surface area contributed by atoms with E-state index < -0.39 is 5.97 Å². The molecule has 0 aliphatic carbocycles. The molecule has 0 radical (unpaired) electrons. The first-order chi connectivity index (χ1) is 12.1. The molecule has 0 atom stereocenters. The number of amides is 1. The Morgan fingerprint density at radius 2 is 2.00 bits per heavy atom. The van der Waals surface area contributed by atoms with Gasteiger partial charge >= 0.3 is 5.97 Å². The third-order valence-corrected chi connectivity index (χ3v) is 4.04. The molecule has 1 saturated heterocycles. The average molecular weight is 344 g/mol. The molecule has 1 aliphatic rings. The minimum Gasteiger partial charge on any atom is -0.478 e. The second-order valence-corrected chi connectivity index (χ2v) is 5.76. The molecule has 1 aliphatic heterocycles. The van der Waals surface area contributed by atoms with Crippen molar-refractivity contribution in [3.63, 3.8) is 0 Å². The van der Waals surface area contributed by atoms with E-state index in [1.54, 1.807) is 24.5 Å². The summed E-state index contributed by atoms with van der Waals surface area (Å²) in [7, 11) is 0. The molecule has 25 heavy (non-hydrogen) atoms. The molecule has 132 valence electrons. The van der Waals surface area contributed by atoms with E-state index >= 15 is 0 Å². The maximum absolute atomic E-state index is 12.0. The number of furan rings is 1. The van der Waals surface area contributed by atoms with Crippen molar-refractivity contribution in [2.75, 3.05) is 36.5 Å². The minimum absolute atomic E-state index is 0.172. The van der Waals surface area contributed by atoms with Crippen molar-refractivity contribution in [3.05, 3.63) is 47.9 Å². The Hall–Kier alpha value is -2.80. The standard InChI is InChI=1S/C18H20N2O5/c21-17(6-4-14-2-1-9-25-14)19-13-3-5-16(15(12-13)18(22)23)20-7-10-24-11-8-20/h1-3,5,9,12H,4,6-8,10-11H2,(H,19,21)(H,22,23). The molecule has 0 bridgehead atoms. The molecule has 0 spiro atoms. The summed E-state index contributed by atoms with van der Waals surface area (Å²) in [6, 6.07) is 8.54. The summed E-state index contributed by atoms with van der Waals surface area (Å²) in [5.74, 6) is -0.468. The van der Waals surface area contributed by atoms with E-state index in [4.69, 9.17) is 9.15 Å². The van der Waals surface area contributed by atoms with Crippen molar-refractivity contribution >= 4 is 23.3 Å². The van der Waals surface area contributed by atoms with E-state index in [1.165, 1.54) is 6.07 Å². The van der Waals surface area contributed by atoms with Crippen molar-refractivity contribution in [2.24, 2.45) is 0 Å². The van der Waals surface area contributed by atoms with Gasteiger partial charge in [-0.15, -0.1) is 0 Å². The van der Waals surface area contributed by atoms with Crippen LogP contribution in [0.1, 0.15) is 22.5 Å². The van der Waals surface area contributed by atoms with Crippen LogP contribution < -0.4 is 10.2 Å². The van der Waals surface area contributed by atoms with Crippen LogP contribution in [0.15, 0.2) is 41.0 Å². The normalized spacial score (nSPS) is 14.3. The predicted molar refractivity (Wildman–Crippen MR) is 92.1 cm³/mol. The van der Waals surface area contributed by atoms with Crippen LogP contribution in [0.3, 0.4) is 0 Å². The molecule has 2 heterocycles. The molecule has 0 saturated carbocycles. The molecule has 0 unspecified atom stereocenters. The number of carboxylic acids is 1. The topological polar surface area (TPSA) is 92.0 Å². The lowest BCUT2D eigenvalue weighted by molar-refractivity contribution is -0.116. The molecule has 7 nitrogen and oxygen atoms in total. The summed E-state index contributed by atoms with van der Waals surface area (Å²) in [5, 5.41) is 12.2. The molecule has 1 aromatic heterocycles. The third-order valence-electron chi connectivity index (χ3n) is 4.04. The number of rotatable bonds is 6. The van der Waals surface area contributed by atoms with Gasteiger partial charge in [0.2, 0.25) is 5.91 Å². The average Bonchev–Trinajstić information content (AvgIpc) is 3.14. The zero-order valence-corrected chi connectivity index (χ0v) is 13.7. The number of aryl methyl sites for hydroxylation is 1. The van der Waals surface area contributed by atoms with Crippen LogP contribution in [0, 0.1) is 0 Å². The summed E-state index contributed by atoms with van der Waals surface area (Å²) in [5.41, 5.74) is 1.29. The summed E-state index contributed by atoms with van der Waals surface area (Å²) >= 11 is 0. The fraction of sp³-hybridized carbons (Fsp3) is 0.333. The molecule has 3 rings (SSSR count). The van der Waals surface area contributed by atoms with E-state index in [0.717, 1.165) is 5.76 Å². The second kappa shape index (κ2) is 7.85. The second-order valence-electron chi connectivity index (χ2n) is 5.76. The van der Waals surface area contributed by atoms with Gasteiger partial charge in [-0.25, -0.2) is 4.79 Å². The lowest BCUT2D eigenvalue weighted by Crippen LogP contribution is -2.37. The van der Waals surface area contributed by atoms with E-state index in [0.29, 0.717) is 44.1 Å². The van der Waals surface area contributed by atoms with Gasteiger partial charge in [0.15, 0.2) is 0 Å². The molecule has 1 amide bonds. The zero-order valence-electron chi connectivity index (χ0n) is 13.7. The van der Waals surface area contributed by atoms with Gasteiger partial charge < -0.3 is 24.5 Å². The highest BCUT2D eigenvalue weighted by Crippen LogP contribution is 2.25. The summed E-state index contributed by atoms with van der Waals surface area (Å²) in [6.07, 6.45) is 2.33. The van der Waals surface area contributed by atoms with Crippen LogP contribution in [0.25, 0.3) is 0 Å². The van der Waals surface area contributed by atoms with E-state index in [-0.39, 0.29) is 17.9 Å². The van der Waals surface area contributed by atoms with Crippen LogP contribution in [0.4, 0.5) is 11.4 Å². The molecule has 7 heteroatoms. The number of ether oxygens (including phenoxy) is 1. The number of hydrogen-bond donors (Lipinski definition) is 2. The number of benzene rings is 1. The number of anilines is 2. The van der Waals surface area contributed by atoms with Gasteiger partial charge in [0.1, 0.15) is 5.76 Å². The van der Waals surface area contributed by atoms with Crippen LogP contribution in [0.2, 0.25) is 0 Å². The van der Waals surface area contributed by atoms with Gasteiger partial charge in [-0.3, -0.25) is 4.79 Å². The van der Waals surface area contributed by atoms with Crippen LogP contribution in [-0.4, -0.2) is 43.3 Å². The van der Waals surface area contributed by atoms with Crippen molar-refractivity contribution in [1.29, 1.82) is 0 Å². The molecular weight excluding hydrogens is 324 g/mol. The van der Waals surface area contributed by atoms with Gasteiger partial charge in [0, 0.05) is 31.6 Å². The molecule has 2 N–H and O–H groups in total. The zero-order chi connectivity index (χ0) is 17.6. The summed E-state index contributed by atoms with van der Waals surface area (Å²) < 4.78 is 10.5. The molecular formula is C18H20N2O5. The maximum Gasteiger partial charge on any atom is 0.337 e.